The second-order valence-electron chi connectivity index (χ2n) is 14.0. The summed E-state index contributed by atoms with van der Waals surface area (Å²) in [6, 6.07) is 19.5. The number of carbonyl (C=O) groups excluding carboxylic acids is 1. The molecule has 228 valence electrons. The number of ether oxygens (including phenoxy) is 1. The zero-order chi connectivity index (χ0) is 30.1. The fourth-order valence-electron chi connectivity index (χ4n) is 7.80. The van der Waals surface area contributed by atoms with Crippen LogP contribution in [0.1, 0.15) is 90.4 Å². The van der Waals surface area contributed by atoms with Gasteiger partial charge in [-0.2, -0.15) is 0 Å². The van der Waals surface area contributed by atoms with Crippen molar-refractivity contribution in [1.29, 1.82) is 0 Å². The Bertz CT molecular complexity index is 1080. The quantitative estimate of drug-likeness (QED) is 0.107. The summed E-state index contributed by atoms with van der Waals surface area (Å²) < 4.78 is 12.8. The fourth-order valence-corrected chi connectivity index (χ4v) is 8.60. The molecule has 4 rings (SSSR count). The number of benzene rings is 2. The molecule has 0 N–H and O–H groups in total. The second kappa shape index (κ2) is 16.1. The molecule has 0 amide bonds. The monoisotopic (exact) mass is 588 g/mol. The van der Waals surface area contributed by atoms with E-state index in [1.807, 2.05) is 36.4 Å². The summed E-state index contributed by atoms with van der Waals surface area (Å²) >= 11 is 1.56. The van der Waals surface area contributed by atoms with Crippen molar-refractivity contribution in [3.63, 3.8) is 0 Å². The summed E-state index contributed by atoms with van der Waals surface area (Å²) in [5.74, 6) is 5.34. The minimum Gasteiger partial charge on any atom is -0.554 e. The molecule has 0 aromatic heterocycles. The van der Waals surface area contributed by atoms with Crippen molar-refractivity contribution in [2.45, 2.75) is 97.6 Å². The molecule has 5 heteroatoms. The Balaban J connectivity index is 1.61. The van der Waals surface area contributed by atoms with Crippen molar-refractivity contribution in [3.8, 4) is 0 Å². The van der Waals surface area contributed by atoms with Crippen LogP contribution in [0.4, 0.5) is 0 Å². The van der Waals surface area contributed by atoms with Gasteiger partial charge in [0.25, 0.3) is 0 Å². The molecule has 0 heterocycles. The summed E-state index contributed by atoms with van der Waals surface area (Å²) in [5, 5.41) is 0.672. The Morgan fingerprint density at radius 1 is 0.810 bits per heavy atom. The number of rotatable bonds is 12. The molecule has 2 aliphatic carbocycles. The smallest absolute Gasteiger partial charge is 0.359 e. The van der Waals surface area contributed by atoms with Gasteiger partial charge in [-0.25, -0.2) is 4.79 Å². The first-order valence-electron chi connectivity index (χ1n) is 16.5. The lowest BCUT2D eigenvalue weighted by Crippen LogP contribution is -2.36. The van der Waals surface area contributed by atoms with E-state index in [0.717, 1.165) is 41.2 Å². The Kier molecular flexibility index (Phi) is 12.5. The lowest BCUT2D eigenvalue weighted by molar-refractivity contribution is 0.0655. The van der Waals surface area contributed by atoms with Gasteiger partial charge < -0.3 is 9.39 Å². The highest BCUT2D eigenvalue weighted by Crippen LogP contribution is 2.45. The van der Waals surface area contributed by atoms with Crippen LogP contribution in [-0.4, -0.2) is 12.9 Å². The van der Waals surface area contributed by atoms with Crippen LogP contribution in [-0.2, 0) is 9.39 Å². The third kappa shape index (κ3) is 9.69. The van der Waals surface area contributed by atoms with Crippen LogP contribution in [0, 0.1) is 47.3 Å². The fraction of sp³-hybridized carbons (Fsp3) is 0.595. The van der Waals surface area contributed by atoms with Crippen LogP contribution in [0.5, 0.6) is 0 Å². The molecule has 3 nitrogen and oxygen atoms in total. The molecule has 0 aliphatic heterocycles. The van der Waals surface area contributed by atoms with Gasteiger partial charge in [-0.05, 0) is 110 Å². The van der Waals surface area contributed by atoms with E-state index in [1.165, 1.54) is 38.5 Å². The Morgan fingerprint density at radius 2 is 1.31 bits per heavy atom. The molecule has 2 fully saturated rings. The maximum Gasteiger partial charge on any atom is 0.359 e. The first kappa shape index (κ1) is 32.8. The van der Waals surface area contributed by atoms with E-state index in [2.05, 4.69) is 53.7 Å². The van der Waals surface area contributed by atoms with Gasteiger partial charge in [0.15, 0.2) is 5.09 Å². The molecule has 6 atom stereocenters. The van der Waals surface area contributed by atoms with Crippen LogP contribution in [0.25, 0.3) is 0 Å². The molecule has 0 spiro atoms. The summed E-state index contributed by atoms with van der Waals surface area (Å²) in [6.45, 7) is 14.6. The van der Waals surface area contributed by atoms with Crippen LogP contribution >= 0.6 is 11.8 Å². The third-order valence-corrected chi connectivity index (χ3v) is 10.9. The van der Waals surface area contributed by atoms with E-state index in [-0.39, 0.29) is 12.9 Å². The van der Waals surface area contributed by atoms with Crippen molar-refractivity contribution in [2.75, 3.05) is 0 Å². The molecular weight excluding hydrogens is 535 g/mol. The summed E-state index contributed by atoms with van der Waals surface area (Å²) in [7, 11) is 0. The van der Waals surface area contributed by atoms with Crippen molar-refractivity contribution >= 4 is 24.6 Å². The van der Waals surface area contributed by atoms with Crippen LogP contribution in [0.3, 0.4) is 0 Å². The normalized spacial score (nSPS) is 26.7. The highest BCUT2D eigenvalue weighted by Gasteiger charge is 2.39. The molecular formula is C37H53BO3S. The second-order valence-corrected chi connectivity index (χ2v) is 15.1. The lowest BCUT2D eigenvalue weighted by Gasteiger charge is -2.41. The van der Waals surface area contributed by atoms with E-state index in [4.69, 9.17) is 9.39 Å². The zero-order valence-electron chi connectivity index (χ0n) is 26.8. The molecule has 0 radical (unpaired) electrons. The number of hydrogen-bond donors (Lipinski definition) is 0. The van der Waals surface area contributed by atoms with Crippen molar-refractivity contribution < 1.29 is 14.2 Å². The van der Waals surface area contributed by atoms with Crippen LogP contribution in [0.2, 0.25) is 12.6 Å². The average Bonchev–Trinajstić information content (AvgIpc) is 2.96. The van der Waals surface area contributed by atoms with Gasteiger partial charge in [0, 0.05) is 4.90 Å². The van der Waals surface area contributed by atoms with Crippen molar-refractivity contribution in [1.82, 2.24) is 0 Å². The average molecular weight is 589 g/mol. The SMILES string of the molecule is CC(C)[C@@H]1CC[C@@H](C)C[C@@H]1CB(C[C@H]1C[C@H](C)CC[C@H]1C(C)C)O/C(=C/OC(=O)c1ccccc1)Sc1ccccc1. The number of hydrogen-bond acceptors (Lipinski definition) is 4. The Hall–Kier alpha value is -2.14. The van der Waals surface area contributed by atoms with Gasteiger partial charge in [-0.3, -0.25) is 0 Å². The van der Waals surface area contributed by atoms with E-state index in [0.29, 0.717) is 34.3 Å². The number of thioether (sulfide) groups is 1. The van der Waals surface area contributed by atoms with Gasteiger partial charge in [0.1, 0.15) is 6.26 Å². The van der Waals surface area contributed by atoms with E-state index >= 15 is 0 Å². The maximum absolute atomic E-state index is 12.9. The minimum atomic E-state index is -0.358. The molecule has 0 bridgehead atoms. The molecule has 2 aliphatic rings. The van der Waals surface area contributed by atoms with Gasteiger partial charge in [-0.1, -0.05) is 103 Å². The molecule has 2 saturated carbocycles. The van der Waals surface area contributed by atoms with Crippen molar-refractivity contribution in [2.24, 2.45) is 47.3 Å². The molecule has 2 aromatic rings. The number of carbonyl (C=O) groups is 1. The van der Waals surface area contributed by atoms with E-state index in [1.54, 1.807) is 30.2 Å². The Morgan fingerprint density at radius 3 is 1.81 bits per heavy atom. The molecule has 42 heavy (non-hydrogen) atoms. The van der Waals surface area contributed by atoms with Gasteiger partial charge in [-0.15, -0.1) is 0 Å². The van der Waals surface area contributed by atoms with E-state index in [9.17, 15) is 4.79 Å². The summed E-state index contributed by atoms with van der Waals surface area (Å²) in [5.41, 5.74) is 0.543. The summed E-state index contributed by atoms with van der Waals surface area (Å²) in [6.07, 6.45) is 11.6. The van der Waals surface area contributed by atoms with Gasteiger partial charge in [0.2, 0.25) is 0 Å². The van der Waals surface area contributed by atoms with Crippen LogP contribution < -0.4 is 0 Å². The lowest BCUT2D eigenvalue weighted by atomic mass is 9.49. The van der Waals surface area contributed by atoms with Crippen molar-refractivity contribution in [3.05, 3.63) is 77.6 Å². The maximum atomic E-state index is 12.9. The topological polar surface area (TPSA) is 35.5 Å². The molecule has 0 saturated heterocycles. The molecule has 0 unspecified atom stereocenters. The summed E-state index contributed by atoms with van der Waals surface area (Å²) in [4.78, 5) is 14.0. The van der Waals surface area contributed by atoms with Gasteiger partial charge >= 0.3 is 12.9 Å². The first-order valence-corrected chi connectivity index (χ1v) is 17.4. The standard InChI is InChI=1S/C37H53BO3S/c1-26(2)34-19-17-28(5)21-31(34)23-38(24-32-22-29(6)18-20-35(32)27(3)4)41-36(42-33-15-11-8-12-16-33)25-40-37(39)30-13-9-7-10-14-30/h7-16,25-29,31-32,34-35H,17-24H2,1-6H3/b36-25-/t28-,29-,31-,32-,34+,35+/m1/s1. The van der Waals surface area contributed by atoms with Crippen LogP contribution in [0.15, 0.2) is 76.9 Å². The largest absolute Gasteiger partial charge is 0.554 e. The predicted octanol–water partition coefficient (Wildman–Crippen LogP) is 10.9. The number of esters is 1. The van der Waals surface area contributed by atoms with E-state index < -0.39 is 0 Å². The molecule has 2 aromatic carbocycles. The van der Waals surface area contributed by atoms with Gasteiger partial charge in [0.05, 0.1) is 5.56 Å². The minimum absolute atomic E-state index is 0.0935. The highest BCUT2D eigenvalue weighted by atomic mass is 32.2. The highest BCUT2D eigenvalue weighted by molar-refractivity contribution is 8.03. The first-order chi connectivity index (χ1) is 20.2. The predicted molar refractivity (Wildman–Crippen MR) is 178 cm³/mol. The Labute approximate surface area is 260 Å². The third-order valence-electron chi connectivity index (χ3n) is 9.97. The zero-order valence-corrected chi connectivity index (χ0v) is 27.7.